The van der Waals surface area contributed by atoms with E-state index in [1.807, 2.05) is 6.92 Å². The van der Waals surface area contributed by atoms with Crippen molar-refractivity contribution in [3.05, 3.63) is 53.1 Å². The molecular formula is C18H18ClNO5. The highest BCUT2D eigenvalue weighted by Crippen LogP contribution is 2.20. The lowest BCUT2D eigenvalue weighted by Crippen LogP contribution is -2.23. The number of amides is 1. The predicted octanol–water partition coefficient (Wildman–Crippen LogP) is 3.22. The standard InChI is InChI=1S/C18H18ClNO5/c1-12-3-4-13(9-16(12)19)20-17(21)10-25-18(22)11-24-15-7-5-14(23-2)6-8-15/h3-9H,10-11H2,1-2H3,(H,20,21). The fraction of sp³-hybridized carbons (Fsp3) is 0.222. The van der Waals surface area contributed by atoms with Crippen molar-refractivity contribution >= 4 is 29.2 Å². The van der Waals surface area contributed by atoms with Crippen molar-refractivity contribution in [1.82, 2.24) is 0 Å². The number of rotatable bonds is 7. The van der Waals surface area contributed by atoms with Gasteiger partial charge in [0.2, 0.25) is 0 Å². The van der Waals surface area contributed by atoms with Gasteiger partial charge in [-0.3, -0.25) is 4.79 Å². The van der Waals surface area contributed by atoms with Crippen molar-refractivity contribution in [3.8, 4) is 11.5 Å². The monoisotopic (exact) mass is 363 g/mol. The van der Waals surface area contributed by atoms with Gasteiger partial charge in [-0.2, -0.15) is 0 Å². The number of esters is 1. The number of methoxy groups -OCH3 is 1. The van der Waals surface area contributed by atoms with Crippen LogP contribution in [0.15, 0.2) is 42.5 Å². The molecule has 1 amide bonds. The molecule has 2 aromatic rings. The fourth-order valence-electron chi connectivity index (χ4n) is 1.87. The SMILES string of the molecule is COc1ccc(OCC(=O)OCC(=O)Nc2ccc(C)c(Cl)c2)cc1. The Morgan fingerprint density at radius 3 is 2.36 bits per heavy atom. The van der Waals surface area contributed by atoms with Gasteiger partial charge < -0.3 is 19.5 Å². The summed E-state index contributed by atoms with van der Waals surface area (Å²) in [6, 6.07) is 11.9. The van der Waals surface area contributed by atoms with Crippen LogP contribution in [-0.2, 0) is 14.3 Å². The number of hydrogen-bond acceptors (Lipinski definition) is 5. The van der Waals surface area contributed by atoms with Crippen LogP contribution in [0, 0.1) is 6.92 Å². The molecule has 1 N–H and O–H groups in total. The van der Waals surface area contributed by atoms with Crippen molar-refractivity contribution in [3.63, 3.8) is 0 Å². The molecule has 0 saturated heterocycles. The van der Waals surface area contributed by atoms with E-state index in [1.165, 1.54) is 0 Å². The van der Waals surface area contributed by atoms with Gasteiger partial charge in [0.15, 0.2) is 13.2 Å². The maximum atomic E-state index is 11.8. The first-order valence-corrected chi connectivity index (χ1v) is 7.84. The minimum Gasteiger partial charge on any atom is -0.497 e. The number of benzene rings is 2. The zero-order chi connectivity index (χ0) is 18.2. The molecule has 0 aromatic heterocycles. The van der Waals surface area contributed by atoms with E-state index in [0.717, 1.165) is 5.56 Å². The Morgan fingerprint density at radius 2 is 1.72 bits per heavy atom. The summed E-state index contributed by atoms with van der Waals surface area (Å²) in [5.41, 5.74) is 1.44. The number of carbonyl (C=O) groups excluding carboxylic acids is 2. The minimum absolute atomic E-state index is 0.296. The van der Waals surface area contributed by atoms with Crippen LogP contribution in [0.1, 0.15) is 5.56 Å². The third-order valence-corrected chi connectivity index (χ3v) is 3.64. The summed E-state index contributed by atoms with van der Waals surface area (Å²) in [6.07, 6.45) is 0. The number of halogens is 1. The average Bonchev–Trinajstić information content (AvgIpc) is 2.61. The first kappa shape index (κ1) is 18.6. The van der Waals surface area contributed by atoms with Crippen LogP contribution in [0.4, 0.5) is 5.69 Å². The molecule has 0 bridgehead atoms. The number of anilines is 1. The van der Waals surface area contributed by atoms with Crippen molar-refractivity contribution < 1.29 is 23.8 Å². The summed E-state index contributed by atoms with van der Waals surface area (Å²) in [6.45, 7) is 1.16. The Hall–Kier alpha value is -2.73. The molecular weight excluding hydrogens is 346 g/mol. The number of nitrogens with one attached hydrogen (secondary N) is 1. The average molecular weight is 364 g/mol. The number of hydrogen-bond donors (Lipinski definition) is 1. The van der Waals surface area contributed by atoms with E-state index in [-0.39, 0.29) is 6.61 Å². The summed E-state index contributed by atoms with van der Waals surface area (Å²) in [5, 5.41) is 3.14. The van der Waals surface area contributed by atoms with Crippen LogP contribution >= 0.6 is 11.6 Å². The Morgan fingerprint density at radius 1 is 1.04 bits per heavy atom. The molecule has 0 saturated carbocycles. The third-order valence-electron chi connectivity index (χ3n) is 3.24. The summed E-state index contributed by atoms with van der Waals surface area (Å²) in [7, 11) is 1.56. The first-order chi connectivity index (χ1) is 12.0. The molecule has 0 fully saturated rings. The normalized spacial score (nSPS) is 10.0. The summed E-state index contributed by atoms with van der Waals surface area (Å²) in [4.78, 5) is 23.4. The summed E-state index contributed by atoms with van der Waals surface area (Å²) < 4.78 is 15.2. The van der Waals surface area contributed by atoms with E-state index in [1.54, 1.807) is 49.6 Å². The second-order valence-corrected chi connectivity index (χ2v) is 5.54. The van der Waals surface area contributed by atoms with Crippen molar-refractivity contribution in [2.75, 3.05) is 25.6 Å². The number of carbonyl (C=O) groups is 2. The van der Waals surface area contributed by atoms with Crippen LogP contribution in [0.3, 0.4) is 0 Å². The molecule has 0 heterocycles. The molecule has 2 aromatic carbocycles. The molecule has 0 atom stereocenters. The van der Waals surface area contributed by atoms with Crippen LogP contribution in [0.5, 0.6) is 11.5 Å². The highest BCUT2D eigenvalue weighted by Gasteiger charge is 2.09. The lowest BCUT2D eigenvalue weighted by molar-refractivity contribution is -0.149. The number of aryl methyl sites for hydroxylation is 1. The van der Waals surface area contributed by atoms with Crippen molar-refractivity contribution in [2.24, 2.45) is 0 Å². The van der Waals surface area contributed by atoms with Crippen LogP contribution in [0.25, 0.3) is 0 Å². The Labute approximate surface area is 150 Å². The van der Waals surface area contributed by atoms with Gasteiger partial charge >= 0.3 is 5.97 Å². The van der Waals surface area contributed by atoms with Gasteiger partial charge in [0, 0.05) is 10.7 Å². The van der Waals surface area contributed by atoms with Gasteiger partial charge in [-0.05, 0) is 48.9 Å². The maximum Gasteiger partial charge on any atom is 0.344 e. The number of ether oxygens (including phenoxy) is 3. The largest absolute Gasteiger partial charge is 0.497 e. The van der Waals surface area contributed by atoms with E-state index >= 15 is 0 Å². The second kappa shape index (κ2) is 8.94. The highest BCUT2D eigenvalue weighted by molar-refractivity contribution is 6.31. The van der Waals surface area contributed by atoms with E-state index in [9.17, 15) is 9.59 Å². The van der Waals surface area contributed by atoms with E-state index < -0.39 is 18.5 Å². The molecule has 6 nitrogen and oxygen atoms in total. The maximum absolute atomic E-state index is 11.8. The van der Waals surface area contributed by atoms with Gasteiger partial charge in [0.05, 0.1) is 7.11 Å². The lowest BCUT2D eigenvalue weighted by atomic mass is 10.2. The molecule has 132 valence electrons. The van der Waals surface area contributed by atoms with Crippen molar-refractivity contribution in [1.29, 1.82) is 0 Å². The summed E-state index contributed by atoms with van der Waals surface area (Å²) >= 11 is 5.98. The molecule has 0 spiro atoms. The Kier molecular flexibility index (Phi) is 6.65. The third kappa shape index (κ3) is 6.00. The van der Waals surface area contributed by atoms with Crippen LogP contribution in [-0.4, -0.2) is 32.2 Å². The van der Waals surface area contributed by atoms with Crippen LogP contribution in [0.2, 0.25) is 5.02 Å². The lowest BCUT2D eigenvalue weighted by Gasteiger charge is -2.09. The molecule has 0 aliphatic carbocycles. The van der Waals surface area contributed by atoms with Gasteiger partial charge in [0.25, 0.3) is 5.91 Å². The molecule has 0 unspecified atom stereocenters. The topological polar surface area (TPSA) is 73.9 Å². The Balaban J connectivity index is 1.73. The zero-order valence-corrected chi connectivity index (χ0v) is 14.6. The van der Waals surface area contributed by atoms with Gasteiger partial charge in [-0.25, -0.2) is 4.79 Å². The molecule has 0 aliphatic heterocycles. The summed E-state index contributed by atoms with van der Waals surface area (Å²) in [5.74, 6) is 0.0740. The van der Waals surface area contributed by atoms with E-state index in [4.69, 9.17) is 25.8 Å². The van der Waals surface area contributed by atoms with E-state index in [2.05, 4.69) is 5.32 Å². The zero-order valence-electron chi connectivity index (χ0n) is 13.9. The smallest absolute Gasteiger partial charge is 0.344 e. The van der Waals surface area contributed by atoms with Gasteiger partial charge in [-0.15, -0.1) is 0 Å². The molecule has 0 aliphatic rings. The molecule has 25 heavy (non-hydrogen) atoms. The quantitative estimate of drug-likeness (QED) is 0.764. The Bertz CT molecular complexity index is 746. The van der Waals surface area contributed by atoms with Gasteiger partial charge in [0.1, 0.15) is 11.5 Å². The second-order valence-electron chi connectivity index (χ2n) is 5.14. The van der Waals surface area contributed by atoms with Gasteiger partial charge in [-0.1, -0.05) is 17.7 Å². The minimum atomic E-state index is -0.645. The highest BCUT2D eigenvalue weighted by atomic mass is 35.5. The fourth-order valence-corrected chi connectivity index (χ4v) is 2.05. The molecule has 2 rings (SSSR count). The van der Waals surface area contributed by atoms with E-state index in [0.29, 0.717) is 22.2 Å². The van der Waals surface area contributed by atoms with Crippen molar-refractivity contribution in [2.45, 2.75) is 6.92 Å². The predicted molar refractivity (Wildman–Crippen MR) is 94.3 cm³/mol. The molecule has 7 heteroatoms. The molecule has 0 radical (unpaired) electrons. The first-order valence-electron chi connectivity index (χ1n) is 7.46. The van der Waals surface area contributed by atoms with Crippen LogP contribution < -0.4 is 14.8 Å².